The maximum Gasteiger partial charge on any atom is 0.255 e. The van der Waals surface area contributed by atoms with E-state index in [1.165, 1.54) is 18.2 Å². The van der Waals surface area contributed by atoms with Gasteiger partial charge in [0, 0.05) is 31.7 Å². The van der Waals surface area contributed by atoms with Gasteiger partial charge < -0.3 is 15.8 Å². The van der Waals surface area contributed by atoms with Crippen molar-refractivity contribution in [1.29, 1.82) is 0 Å². The molecule has 3 N–H and O–H groups in total. The Kier molecular flexibility index (Phi) is 10.1. The van der Waals surface area contributed by atoms with E-state index in [2.05, 4.69) is 41.4 Å². The molecule has 5 nitrogen and oxygen atoms in total. The number of benzene rings is 2. The first kappa shape index (κ1) is 25.4. The molecular weight excluding hydrogens is 433 g/mol. The number of carbonyl (C=O) groups excluding carboxylic acids is 1. The quantitative estimate of drug-likeness (QED) is 0.629. The zero-order valence-corrected chi connectivity index (χ0v) is 19.0. The van der Waals surface area contributed by atoms with Gasteiger partial charge in [-0.05, 0) is 30.0 Å². The number of halogens is 3. The van der Waals surface area contributed by atoms with Crippen LogP contribution < -0.4 is 15.8 Å². The highest BCUT2D eigenvalue weighted by molar-refractivity contribution is 6.33. The Hall–Kier alpha value is -1.66. The van der Waals surface area contributed by atoms with E-state index >= 15 is 0 Å². The number of anilines is 1. The summed E-state index contributed by atoms with van der Waals surface area (Å²) in [4.78, 5) is 15.1. The smallest absolute Gasteiger partial charge is 0.255 e. The highest BCUT2D eigenvalue weighted by Gasteiger charge is 2.23. The molecule has 1 atom stereocenters. The minimum atomic E-state index is -0.204. The van der Waals surface area contributed by atoms with Crippen molar-refractivity contribution in [2.24, 2.45) is 0 Å². The molecule has 1 aliphatic heterocycles. The number of nitrogen functional groups attached to an aromatic ring is 1. The Morgan fingerprint density at radius 3 is 2.62 bits per heavy atom. The van der Waals surface area contributed by atoms with E-state index < -0.39 is 0 Å². The third kappa shape index (κ3) is 5.92. The van der Waals surface area contributed by atoms with Crippen LogP contribution in [0.5, 0.6) is 5.75 Å². The lowest BCUT2D eigenvalue weighted by Gasteiger charge is -2.35. The number of nitrogens with two attached hydrogens (primary N) is 1. The normalized spacial score (nSPS) is 14.0. The third-order valence-electron chi connectivity index (χ3n) is 5.21. The molecule has 2 aromatic rings. The van der Waals surface area contributed by atoms with Crippen LogP contribution in [0.3, 0.4) is 0 Å². The van der Waals surface area contributed by atoms with Crippen LogP contribution >= 0.6 is 36.4 Å². The molecule has 3 rings (SSSR count). The highest BCUT2D eigenvalue weighted by Crippen LogP contribution is 2.29. The fraction of sp³-hybridized carbons (Fsp3) is 0.381. The Labute approximate surface area is 189 Å². The average molecular weight is 461 g/mol. The summed E-state index contributed by atoms with van der Waals surface area (Å²) in [6.45, 7) is 4.64. The van der Waals surface area contributed by atoms with Crippen molar-refractivity contribution in [3.05, 3.63) is 58.1 Å². The molecule has 0 aromatic heterocycles. The Morgan fingerprint density at radius 1 is 1.28 bits per heavy atom. The van der Waals surface area contributed by atoms with Gasteiger partial charge in [-0.3, -0.25) is 9.69 Å². The van der Waals surface area contributed by atoms with Gasteiger partial charge >= 0.3 is 0 Å². The van der Waals surface area contributed by atoms with Crippen molar-refractivity contribution in [3.8, 4) is 5.75 Å². The van der Waals surface area contributed by atoms with Crippen molar-refractivity contribution in [2.45, 2.75) is 32.4 Å². The van der Waals surface area contributed by atoms with Crippen LogP contribution in [0.1, 0.15) is 34.8 Å². The summed E-state index contributed by atoms with van der Waals surface area (Å²) in [5, 5.41) is 3.38. The predicted molar refractivity (Wildman–Crippen MR) is 124 cm³/mol. The van der Waals surface area contributed by atoms with E-state index in [1.54, 1.807) is 12.1 Å². The summed E-state index contributed by atoms with van der Waals surface area (Å²) < 4.78 is 5.28. The summed E-state index contributed by atoms with van der Waals surface area (Å²) in [5.74, 6) is 0.221. The monoisotopic (exact) mass is 459 g/mol. The van der Waals surface area contributed by atoms with Gasteiger partial charge in [0.1, 0.15) is 5.75 Å². The van der Waals surface area contributed by atoms with Crippen LogP contribution in [0.4, 0.5) is 5.69 Å². The molecule has 160 valence electrons. The minimum Gasteiger partial charge on any atom is -0.496 e. The fourth-order valence-electron chi connectivity index (χ4n) is 3.58. The van der Waals surface area contributed by atoms with E-state index in [9.17, 15) is 4.79 Å². The Balaban J connectivity index is 0.00000210. The van der Waals surface area contributed by atoms with Crippen LogP contribution in [0, 0.1) is 0 Å². The van der Waals surface area contributed by atoms with Crippen LogP contribution in [0.25, 0.3) is 0 Å². The number of nitrogens with one attached hydrogen (secondary N) is 1. The van der Waals surface area contributed by atoms with Crippen molar-refractivity contribution >= 4 is 48.0 Å². The minimum absolute atomic E-state index is 0. The number of methoxy groups -OCH3 is 1. The van der Waals surface area contributed by atoms with Crippen molar-refractivity contribution in [2.75, 3.05) is 25.9 Å². The van der Waals surface area contributed by atoms with Gasteiger partial charge in [0.05, 0.1) is 23.4 Å². The van der Waals surface area contributed by atoms with Gasteiger partial charge in [0.2, 0.25) is 0 Å². The van der Waals surface area contributed by atoms with E-state index in [0.29, 0.717) is 28.6 Å². The zero-order chi connectivity index (χ0) is 19.4. The lowest BCUT2D eigenvalue weighted by molar-refractivity contribution is 0.0923. The molecule has 0 fully saturated rings. The number of hydrogen-bond donors (Lipinski definition) is 2. The van der Waals surface area contributed by atoms with Crippen molar-refractivity contribution in [3.63, 3.8) is 0 Å². The number of fused-ring (bicyclic) bond motifs is 1. The van der Waals surface area contributed by atoms with Crippen LogP contribution in [0.15, 0.2) is 36.4 Å². The maximum absolute atomic E-state index is 12.7. The van der Waals surface area contributed by atoms with E-state index in [-0.39, 0.29) is 36.8 Å². The van der Waals surface area contributed by atoms with Crippen LogP contribution in [0.2, 0.25) is 5.02 Å². The molecule has 0 spiro atoms. The second-order valence-corrected chi connectivity index (χ2v) is 7.24. The van der Waals surface area contributed by atoms with Gasteiger partial charge in [-0.25, -0.2) is 0 Å². The number of hydrogen-bond acceptors (Lipinski definition) is 4. The largest absolute Gasteiger partial charge is 0.496 e. The molecule has 0 saturated heterocycles. The van der Waals surface area contributed by atoms with Gasteiger partial charge in [0.25, 0.3) is 5.91 Å². The SMILES string of the molecule is CCC(CNC(=O)c1cc(Cl)c(N)cc1OC)N1CCc2ccccc2C1.Cl.Cl. The standard InChI is InChI=1S/C21H26ClN3O2.2ClH/c1-3-16(25-9-8-14-6-4-5-7-15(14)13-25)12-24-21(26)17-10-18(22)19(23)11-20(17)27-2;;/h4-7,10-11,16H,3,8-9,12-13,23H2,1-2H3,(H,24,26);2*1H. The third-order valence-corrected chi connectivity index (χ3v) is 5.54. The molecule has 0 aliphatic carbocycles. The lowest BCUT2D eigenvalue weighted by Crippen LogP contribution is -2.45. The van der Waals surface area contributed by atoms with Gasteiger partial charge in [-0.15, -0.1) is 24.8 Å². The van der Waals surface area contributed by atoms with Gasteiger partial charge in [0.15, 0.2) is 0 Å². The Morgan fingerprint density at radius 2 is 1.97 bits per heavy atom. The number of ether oxygens (including phenoxy) is 1. The summed E-state index contributed by atoms with van der Waals surface area (Å²) in [5.41, 5.74) is 9.39. The number of rotatable bonds is 6. The summed E-state index contributed by atoms with van der Waals surface area (Å²) in [6, 6.07) is 12.0. The molecular formula is C21H28Cl3N3O2. The predicted octanol–water partition coefficient (Wildman–Crippen LogP) is 4.34. The molecule has 0 saturated carbocycles. The van der Waals surface area contributed by atoms with Crippen molar-refractivity contribution in [1.82, 2.24) is 10.2 Å². The van der Waals surface area contributed by atoms with Crippen LogP contribution in [-0.4, -0.2) is 37.0 Å². The molecule has 1 aliphatic rings. The topological polar surface area (TPSA) is 67.6 Å². The first-order valence-electron chi connectivity index (χ1n) is 9.25. The molecule has 29 heavy (non-hydrogen) atoms. The van der Waals surface area contributed by atoms with Crippen LogP contribution in [-0.2, 0) is 13.0 Å². The molecule has 1 unspecified atom stereocenters. The Bertz CT molecular complexity index is 833. The first-order valence-corrected chi connectivity index (χ1v) is 9.63. The lowest BCUT2D eigenvalue weighted by atomic mass is 9.98. The van der Waals surface area contributed by atoms with E-state index in [1.807, 2.05) is 0 Å². The molecule has 8 heteroatoms. The number of nitrogens with zero attached hydrogens (tertiary/aromatic N) is 1. The molecule has 0 radical (unpaired) electrons. The van der Waals surface area contributed by atoms with Crippen molar-refractivity contribution < 1.29 is 9.53 Å². The second-order valence-electron chi connectivity index (χ2n) is 6.84. The summed E-state index contributed by atoms with van der Waals surface area (Å²) in [7, 11) is 1.51. The average Bonchev–Trinajstić information content (AvgIpc) is 2.69. The molecule has 2 aromatic carbocycles. The molecule has 1 amide bonds. The fourth-order valence-corrected chi connectivity index (χ4v) is 3.75. The van der Waals surface area contributed by atoms with Gasteiger partial charge in [-0.1, -0.05) is 42.8 Å². The number of amides is 1. The first-order chi connectivity index (χ1) is 13.0. The molecule has 1 heterocycles. The highest BCUT2D eigenvalue weighted by atomic mass is 35.5. The molecule has 0 bridgehead atoms. The summed E-state index contributed by atoms with van der Waals surface area (Å²) >= 11 is 6.08. The zero-order valence-electron chi connectivity index (χ0n) is 16.6. The van der Waals surface area contributed by atoms with E-state index in [0.717, 1.165) is 25.9 Å². The van der Waals surface area contributed by atoms with Gasteiger partial charge in [-0.2, -0.15) is 0 Å². The van der Waals surface area contributed by atoms with E-state index in [4.69, 9.17) is 22.1 Å². The summed E-state index contributed by atoms with van der Waals surface area (Å²) in [6.07, 6.45) is 2.00. The maximum atomic E-state index is 12.7. The second kappa shape index (κ2) is 11.5. The number of carbonyl (C=O) groups is 1.